The number of benzene rings is 2. The van der Waals surface area contributed by atoms with Crippen molar-refractivity contribution in [2.75, 3.05) is 31.1 Å². The van der Waals surface area contributed by atoms with Gasteiger partial charge in [-0.25, -0.2) is 18.1 Å². The zero-order chi connectivity index (χ0) is 24.1. The molecule has 0 radical (unpaired) electrons. The summed E-state index contributed by atoms with van der Waals surface area (Å²) < 4.78 is 27.4. The van der Waals surface area contributed by atoms with Crippen molar-refractivity contribution in [3.8, 4) is 17.2 Å². The maximum absolute atomic E-state index is 12.6. The highest BCUT2D eigenvalue weighted by atomic mass is 32.2. The van der Waals surface area contributed by atoms with E-state index < -0.39 is 15.9 Å². The molecule has 1 fully saturated rings. The van der Waals surface area contributed by atoms with Crippen molar-refractivity contribution in [3.63, 3.8) is 0 Å². The lowest BCUT2D eigenvalue weighted by molar-refractivity contribution is 0.0981. The fourth-order valence-electron chi connectivity index (χ4n) is 3.93. The van der Waals surface area contributed by atoms with Gasteiger partial charge in [0.2, 0.25) is 10.0 Å². The molecule has 8 nitrogen and oxygen atoms in total. The van der Waals surface area contributed by atoms with Gasteiger partial charge in [0.25, 0.3) is 5.91 Å². The van der Waals surface area contributed by atoms with Gasteiger partial charge in [-0.2, -0.15) is 5.26 Å². The third-order valence-electron chi connectivity index (χ3n) is 5.66. The summed E-state index contributed by atoms with van der Waals surface area (Å²) in [4.78, 5) is 18.9. The number of anilines is 1. The number of carbonyl (C=O) groups excluding carboxylic acids is 1. The molecule has 0 spiro atoms. The number of hydrogen-bond donors (Lipinski definition) is 2. The maximum atomic E-state index is 12.6. The van der Waals surface area contributed by atoms with Crippen molar-refractivity contribution in [2.24, 2.45) is 0 Å². The average molecular weight is 476 g/mol. The molecule has 1 aromatic heterocycles. The Labute approximate surface area is 199 Å². The number of nitrogens with zero attached hydrogens (tertiary/aromatic N) is 3. The van der Waals surface area contributed by atoms with Crippen molar-refractivity contribution < 1.29 is 13.2 Å². The Balaban J connectivity index is 1.57. The Bertz CT molecular complexity index is 1340. The van der Waals surface area contributed by atoms with Gasteiger partial charge in [-0.3, -0.25) is 4.79 Å². The molecule has 4 rings (SSSR count). The highest BCUT2D eigenvalue weighted by Gasteiger charge is 2.19. The number of aryl methyl sites for hydroxylation is 1. The van der Waals surface area contributed by atoms with Gasteiger partial charge in [-0.15, -0.1) is 0 Å². The molecule has 0 unspecified atom stereocenters. The van der Waals surface area contributed by atoms with Gasteiger partial charge in [0, 0.05) is 43.5 Å². The molecule has 1 aliphatic heterocycles. The molecule has 174 valence electrons. The van der Waals surface area contributed by atoms with Crippen LogP contribution in [0.15, 0.2) is 60.8 Å². The van der Waals surface area contributed by atoms with Crippen LogP contribution in [-0.4, -0.2) is 45.5 Å². The maximum Gasteiger partial charge on any atom is 0.264 e. The molecular formula is C25H25N5O3S. The first-order chi connectivity index (χ1) is 16.4. The highest BCUT2D eigenvalue weighted by Crippen LogP contribution is 2.29. The van der Waals surface area contributed by atoms with Gasteiger partial charge in [0.1, 0.15) is 11.9 Å². The number of pyridine rings is 1. The molecule has 0 aliphatic carbocycles. The van der Waals surface area contributed by atoms with Crippen LogP contribution >= 0.6 is 0 Å². The van der Waals surface area contributed by atoms with Crippen LogP contribution in [0.1, 0.15) is 27.0 Å². The molecule has 1 saturated heterocycles. The van der Waals surface area contributed by atoms with Gasteiger partial charge in [0.05, 0.1) is 11.3 Å². The quantitative estimate of drug-likeness (QED) is 0.563. The van der Waals surface area contributed by atoms with Crippen LogP contribution in [0.3, 0.4) is 0 Å². The Morgan fingerprint density at radius 3 is 2.59 bits per heavy atom. The van der Waals surface area contributed by atoms with E-state index in [0.717, 1.165) is 42.9 Å². The summed E-state index contributed by atoms with van der Waals surface area (Å²) in [5, 5.41) is 13.0. The Hall–Kier alpha value is -3.74. The number of sulfonamides is 1. The van der Waals surface area contributed by atoms with Crippen LogP contribution in [0.25, 0.3) is 11.1 Å². The van der Waals surface area contributed by atoms with Crippen molar-refractivity contribution in [1.29, 1.82) is 5.26 Å². The van der Waals surface area contributed by atoms with Crippen molar-refractivity contribution in [3.05, 3.63) is 83.0 Å². The van der Waals surface area contributed by atoms with Crippen LogP contribution in [0.4, 0.5) is 5.82 Å². The molecule has 1 aliphatic rings. The van der Waals surface area contributed by atoms with Gasteiger partial charge >= 0.3 is 0 Å². The molecule has 0 atom stereocenters. The molecule has 1 amide bonds. The lowest BCUT2D eigenvalue weighted by Crippen LogP contribution is -2.44. The monoisotopic (exact) mass is 475 g/mol. The Kier molecular flexibility index (Phi) is 6.91. The standard InChI is InChI=1S/C25H25N5O3S/c1-18-7-8-19(17-34(32,33)29-25(31)20-5-3-2-4-6-20)13-23(18)22-14-21(15-26)24(28-16-22)30-11-9-27-10-12-30/h2-8,13-14,16,27H,9-12,17H2,1H3,(H,29,31). The number of nitriles is 1. The van der Waals surface area contributed by atoms with Crippen LogP contribution in [0.5, 0.6) is 0 Å². The number of aromatic nitrogens is 1. The smallest absolute Gasteiger partial charge is 0.264 e. The normalized spacial score (nSPS) is 13.8. The summed E-state index contributed by atoms with van der Waals surface area (Å²) in [7, 11) is -3.91. The fraction of sp³-hybridized carbons (Fsp3) is 0.240. The zero-order valence-electron chi connectivity index (χ0n) is 18.8. The van der Waals surface area contributed by atoms with Gasteiger partial charge in [0.15, 0.2) is 0 Å². The zero-order valence-corrected chi connectivity index (χ0v) is 19.6. The lowest BCUT2D eigenvalue weighted by atomic mass is 9.98. The topological polar surface area (TPSA) is 115 Å². The van der Waals surface area contributed by atoms with Crippen LogP contribution in [0, 0.1) is 18.3 Å². The third-order valence-corrected chi connectivity index (χ3v) is 6.87. The second-order valence-electron chi connectivity index (χ2n) is 8.15. The average Bonchev–Trinajstić information content (AvgIpc) is 2.85. The van der Waals surface area contributed by atoms with E-state index in [9.17, 15) is 18.5 Å². The van der Waals surface area contributed by atoms with E-state index in [1.807, 2.05) is 13.0 Å². The number of hydrogen-bond acceptors (Lipinski definition) is 7. The second-order valence-corrected chi connectivity index (χ2v) is 9.87. The van der Waals surface area contributed by atoms with Gasteiger partial charge in [-0.05, 0) is 47.9 Å². The molecular weight excluding hydrogens is 450 g/mol. The highest BCUT2D eigenvalue weighted by molar-refractivity contribution is 7.89. The molecule has 2 heterocycles. The molecule has 3 aromatic rings. The van der Waals surface area contributed by atoms with E-state index in [-0.39, 0.29) is 11.3 Å². The molecule has 2 N–H and O–H groups in total. The van der Waals surface area contributed by atoms with Crippen molar-refractivity contribution in [1.82, 2.24) is 15.0 Å². The molecule has 0 saturated carbocycles. The Morgan fingerprint density at radius 2 is 1.88 bits per heavy atom. The van der Waals surface area contributed by atoms with Crippen LogP contribution < -0.4 is 14.9 Å². The summed E-state index contributed by atoms with van der Waals surface area (Å²) in [5.74, 6) is -0.358. The molecule has 9 heteroatoms. The summed E-state index contributed by atoms with van der Waals surface area (Å²) in [6.45, 7) is 5.15. The third kappa shape index (κ3) is 5.42. The van der Waals surface area contributed by atoms with E-state index in [1.165, 1.54) is 0 Å². The molecule has 2 aromatic carbocycles. The van der Waals surface area contributed by atoms with E-state index in [0.29, 0.717) is 16.9 Å². The predicted molar refractivity (Wildman–Crippen MR) is 131 cm³/mol. The summed E-state index contributed by atoms with van der Waals surface area (Å²) in [6.07, 6.45) is 1.72. The van der Waals surface area contributed by atoms with Crippen molar-refractivity contribution >= 4 is 21.7 Å². The van der Waals surface area contributed by atoms with Gasteiger partial charge < -0.3 is 10.2 Å². The van der Waals surface area contributed by atoms with E-state index in [1.54, 1.807) is 54.7 Å². The largest absolute Gasteiger partial charge is 0.353 e. The summed E-state index contributed by atoms with van der Waals surface area (Å²) in [5.41, 5.74) is 3.73. The number of nitrogens with one attached hydrogen (secondary N) is 2. The Morgan fingerprint density at radius 1 is 1.15 bits per heavy atom. The fourth-order valence-corrected chi connectivity index (χ4v) is 5.02. The lowest BCUT2D eigenvalue weighted by Gasteiger charge is -2.29. The predicted octanol–water partition coefficient (Wildman–Crippen LogP) is 2.60. The summed E-state index contributed by atoms with van der Waals surface area (Å²) in [6, 6.07) is 17.6. The van der Waals surface area contributed by atoms with E-state index in [2.05, 4.69) is 26.0 Å². The number of rotatable bonds is 6. The van der Waals surface area contributed by atoms with Crippen LogP contribution in [0.2, 0.25) is 0 Å². The number of carbonyl (C=O) groups is 1. The first-order valence-corrected chi connectivity index (χ1v) is 12.6. The molecule has 0 bridgehead atoms. The van der Waals surface area contributed by atoms with E-state index in [4.69, 9.17) is 0 Å². The minimum Gasteiger partial charge on any atom is -0.353 e. The van der Waals surface area contributed by atoms with Crippen molar-refractivity contribution in [2.45, 2.75) is 12.7 Å². The number of piperazine rings is 1. The first kappa shape index (κ1) is 23.4. The first-order valence-electron chi connectivity index (χ1n) is 10.9. The summed E-state index contributed by atoms with van der Waals surface area (Å²) >= 11 is 0. The number of amides is 1. The van der Waals surface area contributed by atoms with Crippen LogP contribution in [-0.2, 0) is 15.8 Å². The molecule has 34 heavy (non-hydrogen) atoms. The SMILES string of the molecule is Cc1ccc(CS(=O)(=O)NC(=O)c2ccccc2)cc1-c1cnc(N2CCNCC2)c(C#N)c1. The second kappa shape index (κ2) is 10.0. The minimum atomic E-state index is -3.91. The van der Waals surface area contributed by atoms with E-state index >= 15 is 0 Å². The van der Waals surface area contributed by atoms with Gasteiger partial charge in [-0.1, -0.05) is 30.3 Å². The minimum absolute atomic E-state index is 0.273.